The molecule has 1 aromatic heterocycles. The predicted molar refractivity (Wildman–Crippen MR) is 96.3 cm³/mol. The molecule has 2 amide bonds. The molecular formula is C18H21ClN4O3. The van der Waals surface area contributed by atoms with Crippen molar-refractivity contribution < 1.29 is 14.7 Å². The van der Waals surface area contributed by atoms with Crippen molar-refractivity contribution in [3.63, 3.8) is 0 Å². The van der Waals surface area contributed by atoms with Crippen LogP contribution in [-0.4, -0.2) is 50.1 Å². The third-order valence-corrected chi connectivity index (χ3v) is 4.78. The van der Waals surface area contributed by atoms with Crippen LogP contribution in [0.15, 0.2) is 36.8 Å². The molecule has 1 aliphatic heterocycles. The number of carbonyl (C=O) groups is 2. The summed E-state index contributed by atoms with van der Waals surface area (Å²) in [6.07, 6.45) is 2.93. The highest BCUT2D eigenvalue weighted by Gasteiger charge is 2.38. The molecule has 0 spiro atoms. The first-order chi connectivity index (χ1) is 12.4. The van der Waals surface area contributed by atoms with Crippen LogP contribution in [0.4, 0.5) is 0 Å². The summed E-state index contributed by atoms with van der Waals surface area (Å²) in [6, 6.07) is 6.51. The summed E-state index contributed by atoms with van der Waals surface area (Å²) in [5.41, 5.74) is 1.67. The number of likely N-dealkylation sites (tertiary alicyclic amines) is 1. The highest BCUT2D eigenvalue weighted by atomic mass is 35.5. The lowest BCUT2D eigenvalue weighted by molar-refractivity contribution is -0.138. The van der Waals surface area contributed by atoms with Gasteiger partial charge >= 0.3 is 0 Å². The van der Waals surface area contributed by atoms with Crippen molar-refractivity contribution in [1.82, 2.24) is 19.8 Å². The van der Waals surface area contributed by atoms with Crippen molar-refractivity contribution in [2.75, 3.05) is 6.54 Å². The van der Waals surface area contributed by atoms with Gasteiger partial charge in [-0.3, -0.25) is 9.59 Å². The van der Waals surface area contributed by atoms with Crippen LogP contribution in [0.2, 0.25) is 5.02 Å². The number of β-amino-alcohol motifs (C(OH)–C–C–N with tert-alkyl or cyclic N) is 1. The molecule has 1 saturated heterocycles. The molecule has 0 aliphatic carbocycles. The number of hydrogen-bond acceptors (Lipinski definition) is 4. The molecule has 0 saturated carbocycles. The van der Waals surface area contributed by atoms with E-state index >= 15 is 0 Å². The molecular weight excluding hydrogens is 356 g/mol. The van der Waals surface area contributed by atoms with E-state index in [-0.39, 0.29) is 31.2 Å². The van der Waals surface area contributed by atoms with E-state index in [1.807, 2.05) is 19.2 Å². The maximum absolute atomic E-state index is 12.6. The van der Waals surface area contributed by atoms with Gasteiger partial charge in [0.2, 0.25) is 11.8 Å². The summed E-state index contributed by atoms with van der Waals surface area (Å²) in [6.45, 7) is 0.502. The van der Waals surface area contributed by atoms with Gasteiger partial charge in [0, 0.05) is 43.5 Å². The zero-order chi connectivity index (χ0) is 18.7. The lowest BCUT2D eigenvalue weighted by Crippen LogP contribution is -2.46. The average Bonchev–Trinajstić information content (AvgIpc) is 3.20. The molecule has 3 rings (SSSR count). The number of amides is 2. The second-order valence-corrected chi connectivity index (χ2v) is 6.90. The number of hydrogen-bond donors (Lipinski definition) is 2. The van der Waals surface area contributed by atoms with Crippen molar-refractivity contribution in [3.05, 3.63) is 53.1 Å². The molecule has 0 unspecified atom stereocenters. The normalized spacial score (nSPS) is 19.6. The molecule has 2 N–H and O–H groups in total. The van der Waals surface area contributed by atoms with Crippen molar-refractivity contribution in [3.8, 4) is 0 Å². The van der Waals surface area contributed by atoms with Crippen LogP contribution in [0.25, 0.3) is 0 Å². The Morgan fingerprint density at radius 2 is 2.08 bits per heavy atom. The van der Waals surface area contributed by atoms with Gasteiger partial charge in [0.05, 0.1) is 18.9 Å². The molecule has 1 aromatic carbocycles. The van der Waals surface area contributed by atoms with E-state index in [2.05, 4.69) is 10.3 Å². The molecule has 2 heterocycles. The minimum absolute atomic E-state index is 0.143. The molecule has 26 heavy (non-hydrogen) atoms. The number of rotatable bonds is 5. The standard InChI is InChI=1S/C18H21ClN4O3/c1-22-11-20-9-14(22)6-17(25)23-10-15(24)7-16(23)18(26)21-8-12-2-4-13(19)5-3-12/h2-5,9,11,15-16,24H,6-8,10H2,1H3,(H,21,26)/t15-,16-/m0/s1. The Bertz CT molecular complexity index is 790. The lowest BCUT2D eigenvalue weighted by atomic mass is 10.1. The van der Waals surface area contributed by atoms with Gasteiger partial charge in [-0.1, -0.05) is 23.7 Å². The number of aromatic nitrogens is 2. The van der Waals surface area contributed by atoms with Crippen LogP contribution in [0, 0.1) is 0 Å². The van der Waals surface area contributed by atoms with Crippen LogP contribution in [0.1, 0.15) is 17.7 Å². The van der Waals surface area contributed by atoms with E-state index in [1.165, 1.54) is 4.90 Å². The topological polar surface area (TPSA) is 87.5 Å². The fourth-order valence-electron chi connectivity index (χ4n) is 3.06. The Hall–Kier alpha value is -2.38. The van der Waals surface area contributed by atoms with E-state index < -0.39 is 12.1 Å². The second-order valence-electron chi connectivity index (χ2n) is 6.47. The number of halogens is 1. The van der Waals surface area contributed by atoms with Crippen LogP contribution in [0.5, 0.6) is 0 Å². The Kier molecular flexibility index (Phi) is 5.58. The summed E-state index contributed by atoms with van der Waals surface area (Å²) in [7, 11) is 1.81. The van der Waals surface area contributed by atoms with Gasteiger partial charge in [-0.15, -0.1) is 0 Å². The summed E-state index contributed by atoms with van der Waals surface area (Å²) in [5.74, 6) is -0.466. The number of aliphatic hydroxyl groups is 1. The van der Waals surface area contributed by atoms with Crippen LogP contribution in [-0.2, 0) is 29.6 Å². The predicted octanol–water partition coefficient (Wildman–Crippen LogP) is 0.894. The number of nitrogens with zero attached hydrogens (tertiary/aromatic N) is 3. The van der Waals surface area contributed by atoms with Gasteiger partial charge in [0.1, 0.15) is 6.04 Å². The van der Waals surface area contributed by atoms with Crippen molar-refractivity contribution in [1.29, 1.82) is 0 Å². The van der Waals surface area contributed by atoms with E-state index in [0.29, 0.717) is 11.6 Å². The molecule has 0 bridgehead atoms. The highest BCUT2D eigenvalue weighted by Crippen LogP contribution is 2.20. The second kappa shape index (κ2) is 7.88. The zero-order valence-corrected chi connectivity index (χ0v) is 15.2. The summed E-state index contributed by atoms with van der Waals surface area (Å²) in [4.78, 5) is 30.6. The number of benzene rings is 1. The fraction of sp³-hybridized carbons (Fsp3) is 0.389. The molecule has 0 radical (unpaired) electrons. The van der Waals surface area contributed by atoms with Gasteiger partial charge in [-0.05, 0) is 17.7 Å². The summed E-state index contributed by atoms with van der Waals surface area (Å²) >= 11 is 5.85. The maximum Gasteiger partial charge on any atom is 0.243 e. The Labute approximate surface area is 156 Å². The monoisotopic (exact) mass is 376 g/mol. The molecule has 2 atom stereocenters. The number of aryl methyl sites for hydroxylation is 1. The van der Waals surface area contributed by atoms with Crippen LogP contribution in [0.3, 0.4) is 0 Å². The lowest BCUT2D eigenvalue weighted by Gasteiger charge is -2.23. The summed E-state index contributed by atoms with van der Waals surface area (Å²) < 4.78 is 1.76. The molecule has 1 aliphatic rings. The van der Waals surface area contributed by atoms with Crippen molar-refractivity contribution in [2.45, 2.75) is 31.5 Å². The third-order valence-electron chi connectivity index (χ3n) is 4.53. The quantitative estimate of drug-likeness (QED) is 0.811. The number of imidazole rings is 1. The van der Waals surface area contributed by atoms with Crippen molar-refractivity contribution >= 4 is 23.4 Å². The van der Waals surface area contributed by atoms with Crippen LogP contribution >= 0.6 is 11.6 Å². The smallest absolute Gasteiger partial charge is 0.243 e. The summed E-state index contributed by atoms with van der Waals surface area (Å²) in [5, 5.41) is 13.4. The first-order valence-electron chi connectivity index (χ1n) is 8.39. The fourth-order valence-corrected chi connectivity index (χ4v) is 3.18. The maximum atomic E-state index is 12.6. The van der Waals surface area contributed by atoms with Gasteiger partial charge in [-0.2, -0.15) is 0 Å². The minimum Gasteiger partial charge on any atom is -0.391 e. The average molecular weight is 377 g/mol. The molecule has 7 nitrogen and oxygen atoms in total. The zero-order valence-electron chi connectivity index (χ0n) is 14.4. The van der Waals surface area contributed by atoms with Gasteiger partial charge in [-0.25, -0.2) is 4.98 Å². The Morgan fingerprint density at radius 1 is 1.35 bits per heavy atom. The van der Waals surface area contributed by atoms with E-state index in [1.54, 1.807) is 29.2 Å². The van der Waals surface area contributed by atoms with Gasteiger partial charge in [0.25, 0.3) is 0 Å². The molecule has 1 fully saturated rings. The molecule has 138 valence electrons. The number of nitrogens with one attached hydrogen (secondary N) is 1. The Balaban J connectivity index is 1.62. The molecule has 8 heteroatoms. The largest absolute Gasteiger partial charge is 0.391 e. The van der Waals surface area contributed by atoms with E-state index in [0.717, 1.165) is 11.3 Å². The first kappa shape index (κ1) is 18.4. The van der Waals surface area contributed by atoms with Gasteiger partial charge in [0.15, 0.2) is 0 Å². The van der Waals surface area contributed by atoms with E-state index in [9.17, 15) is 14.7 Å². The minimum atomic E-state index is -0.697. The molecule has 2 aromatic rings. The van der Waals surface area contributed by atoms with Crippen molar-refractivity contribution in [2.24, 2.45) is 7.05 Å². The van der Waals surface area contributed by atoms with E-state index in [4.69, 9.17) is 11.6 Å². The van der Waals surface area contributed by atoms with Crippen LogP contribution < -0.4 is 5.32 Å². The SMILES string of the molecule is Cn1cncc1CC(=O)N1C[C@@H](O)C[C@H]1C(=O)NCc1ccc(Cl)cc1. The first-order valence-corrected chi connectivity index (χ1v) is 8.76. The Morgan fingerprint density at radius 3 is 2.73 bits per heavy atom. The highest BCUT2D eigenvalue weighted by molar-refractivity contribution is 6.30. The van der Waals surface area contributed by atoms with Gasteiger partial charge < -0.3 is 19.9 Å². The number of carbonyl (C=O) groups excluding carboxylic acids is 2. The number of aliphatic hydroxyl groups excluding tert-OH is 1. The third kappa shape index (κ3) is 4.23.